The number of nitrogens with zero attached hydrogens (tertiary/aromatic N) is 6. The van der Waals surface area contributed by atoms with E-state index in [1.807, 2.05) is 28.8 Å². The Hall–Kier alpha value is -2.28. The van der Waals surface area contributed by atoms with Gasteiger partial charge in [0.2, 0.25) is 5.91 Å². The van der Waals surface area contributed by atoms with E-state index < -0.39 is 0 Å². The number of aryl methyl sites for hydroxylation is 1. The van der Waals surface area contributed by atoms with Gasteiger partial charge in [0, 0.05) is 25.5 Å². The van der Waals surface area contributed by atoms with Crippen molar-refractivity contribution < 1.29 is 4.79 Å². The largest absolute Gasteiger partial charge is 0.342 e. The average Bonchev–Trinajstić information content (AvgIpc) is 3.36. The van der Waals surface area contributed by atoms with Crippen molar-refractivity contribution >= 4 is 5.91 Å². The summed E-state index contributed by atoms with van der Waals surface area (Å²) < 4.78 is 1.94. The smallest absolute Gasteiger partial charge is 0.236 e. The van der Waals surface area contributed by atoms with Crippen molar-refractivity contribution in [1.82, 2.24) is 29.3 Å². The van der Waals surface area contributed by atoms with Crippen LogP contribution in [0.4, 0.5) is 0 Å². The minimum absolute atomic E-state index is 0.169. The average molecular weight is 340 g/mol. The first-order valence-electron chi connectivity index (χ1n) is 9.06. The van der Waals surface area contributed by atoms with Crippen molar-refractivity contribution in [3.05, 3.63) is 36.3 Å². The van der Waals surface area contributed by atoms with Crippen LogP contribution in [-0.2, 0) is 4.79 Å². The first-order valence-corrected chi connectivity index (χ1v) is 9.06. The number of hydrogen-bond acceptors (Lipinski definition) is 5. The van der Waals surface area contributed by atoms with Crippen LogP contribution in [0.1, 0.15) is 43.2 Å². The number of hydrogen-bond donors (Lipinski definition) is 0. The van der Waals surface area contributed by atoms with E-state index in [0.717, 1.165) is 62.7 Å². The van der Waals surface area contributed by atoms with E-state index in [-0.39, 0.29) is 11.9 Å². The molecule has 2 aromatic rings. The molecule has 7 heteroatoms. The Morgan fingerprint density at radius 2 is 2.04 bits per heavy atom. The molecule has 0 aromatic carbocycles. The van der Waals surface area contributed by atoms with Crippen molar-refractivity contribution in [2.24, 2.45) is 0 Å². The van der Waals surface area contributed by atoms with Gasteiger partial charge in [0.1, 0.15) is 5.82 Å². The number of rotatable bonds is 4. The van der Waals surface area contributed by atoms with Gasteiger partial charge in [0.05, 0.1) is 30.7 Å². The van der Waals surface area contributed by atoms with Gasteiger partial charge in [0.15, 0.2) is 5.82 Å². The Labute approximate surface area is 147 Å². The van der Waals surface area contributed by atoms with Gasteiger partial charge in [-0.3, -0.25) is 19.2 Å². The van der Waals surface area contributed by atoms with Gasteiger partial charge in [-0.15, -0.1) is 0 Å². The Morgan fingerprint density at radius 1 is 1.20 bits per heavy atom. The molecule has 0 bridgehead atoms. The molecule has 2 fully saturated rings. The van der Waals surface area contributed by atoms with Crippen molar-refractivity contribution in [2.75, 3.05) is 26.2 Å². The Kier molecular flexibility index (Phi) is 4.48. The second-order valence-electron chi connectivity index (χ2n) is 6.86. The van der Waals surface area contributed by atoms with Crippen molar-refractivity contribution in [1.29, 1.82) is 0 Å². The molecule has 0 unspecified atom stereocenters. The topological polar surface area (TPSA) is 67.2 Å². The summed E-state index contributed by atoms with van der Waals surface area (Å²) >= 11 is 0. The predicted octanol–water partition coefficient (Wildman–Crippen LogP) is 1.73. The van der Waals surface area contributed by atoms with Crippen LogP contribution in [0.15, 0.2) is 24.8 Å². The van der Waals surface area contributed by atoms with Gasteiger partial charge >= 0.3 is 0 Å². The predicted molar refractivity (Wildman–Crippen MR) is 93.3 cm³/mol. The summed E-state index contributed by atoms with van der Waals surface area (Å²) in [5.41, 5.74) is 0.942. The van der Waals surface area contributed by atoms with Crippen LogP contribution < -0.4 is 0 Å². The number of imidazole rings is 1. The molecule has 2 aromatic heterocycles. The van der Waals surface area contributed by atoms with E-state index in [1.54, 1.807) is 12.4 Å². The quantitative estimate of drug-likeness (QED) is 0.848. The normalized spacial score (nSPS) is 21.2. The van der Waals surface area contributed by atoms with E-state index >= 15 is 0 Å². The third-order valence-electron chi connectivity index (χ3n) is 5.22. The number of amides is 1. The summed E-state index contributed by atoms with van der Waals surface area (Å²) in [5.74, 6) is 1.92. The molecule has 2 aliphatic rings. The molecular formula is C18H24N6O. The van der Waals surface area contributed by atoms with Crippen LogP contribution in [0.3, 0.4) is 0 Å². The van der Waals surface area contributed by atoms with Gasteiger partial charge in [-0.25, -0.2) is 9.97 Å². The van der Waals surface area contributed by atoms with Crippen LogP contribution in [0.25, 0.3) is 5.82 Å². The maximum Gasteiger partial charge on any atom is 0.236 e. The monoisotopic (exact) mass is 340 g/mol. The summed E-state index contributed by atoms with van der Waals surface area (Å²) in [6, 6.07) is 0.169. The van der Waals surface area contributed by atoms with Crippen LogP contribution in [-0.4, -0.2) is 61.4 Å². The number of carbonyl (C=O) groups is 1. The van der Waals surface area contributed by atoms with E-state index in [2.05, 4.69) is 14.9 Å². The SMILES string of the molecule is Cc1nccn1-c1cncc([C@@H]2CCCN2CC(=O)N2CCCC2)n1. The fourth-order valence-corrected chi connectivity index (χ4v) is 3.86. The molecule has 1 amide bonds. The lowest BCUT2D eigenvalue weighted by Crippen LogP contribution is -2.38. The van der Waals surface area contributed by atoms with Crippen molar-refractivity contribution in [3.63, 3.8) is 0 Å². The Bertz CT molecular complexity index is 752. The molecule has 25 heavy (non-hydrogen) atoms. The number of aromatic nitrogens is 4. The molecule has 0 N–H and O–H groups in total. The first kappa shape index (κ1) is 16.2. The molecule has 2 saturated heterocycles. The lowest BCUT2D eigenvalue weighted by molar-refractivity contribution is -0.131. The lowest BCUT2D eigenvalue weighted by atomic mass is 10.1. The molecule has 2 aliphatic heterocycles. The summed E-state index contributed by atoms with van der Waals surface area (Å²) in [7, 11) is 0. The van der Waals surface area contributed by atoms with Crippen LogP contribution >= 0.6 is 0 Å². The highest BCUT2D eigenvalue weighted by Crippen LogP contribution is 2.30. The fraction of sp³-hybridized carbons (Fsp3) is 0.556. The number of carbonyl (C=O) groups excluding carboxylic acids is 1. The van der Waals surface area contributed by atoms with Gasteiger partial charge < -0.3 is 4.90 Å². The van der Waals surface area contributed by atoms with Crippen molar-refractivity contribution in [2.45, 2.75) is 38.6 Å². The molecule has 1 atom stereocenters. The molecule has 0 saturated carbocycles. The Balaban J connectivity index is 1.52. The fourth-order valence-electron chi connectivity index (χ4n) is 3.86. The van der Waals surface area contributed by atoms with E-state index in [0.29, 0.717) is 6.54 Å². The summed E-state index contributed by atoms with van der Waals surface area (Å²) in [4.78, 5) is 30.2. The van der Waals surface area contributed by atoms with Gasteiger partial charge in [-0.1, -0.05) is 0 Å². The molecule has 4 rings (SSSR count). The van der Waals surface area contributed by atoms with Gasteiger partial charge in [0.25, 0.3) is 0 Å². The molecule has 7 nitrogen and oxygen atoms in total. The zero-order valence-electron chi connectivity index (χ0n) is 14.6. The van der Waals surface area contributed by atoms with E-state index in [4.69, 9.17) is 4.98 Å². The molecular weight excluding hydrogens is 316 g/mol. The van der Waals surface area contributed by atoms with Crippen LogP contribution in [0.5, 0.6) is 0 Å². The van der Waals surface area contributed by atoms with Crippen LogP contribution in [0.2, 0.25) is 0 Å². The minimum atomic E-state index is 0.169. The standard InChI is InChI=1S/C18H24N6O/c1-14-20-6-10-24(14)17-12-19-11-15(21-17)16-5-4-9-23(16)13-18(25)22-7-2-3-8-22/h6,10-12,16H,2-5,7-9,13H2,1H3/t16-/m0/s1. The highest BCUT2D eigenvalue weighted by atomic mass is 16.2. The molecule has 0 spiro atoms. The summed E-state index contributed by atoms with van der Waals surface area (Å²) in [5, 5.41) is 0. The lowest BCUT2D eigenvalue weighted by Gasteiger charge is -2.26. The molecule has 132 valence electrons. The second kappa shape index (κ2) is 6.92. The maximum atomic E-state index is 12.5. The zero-order chi connectivity index (χ0) is 17.2. The minimum Gasteiger partial charge on any atom is -0.342 e. The maximum absolute atomic E-state index is 12.5. The third kappa shape index (κ3) is 3.28. The van der Waals surface area contributed by atoms with E-state index in [1.165, 1.54) is 0 Å². The third-order valence-corrected chi connectivity index (χ3v) is 5.22. The number of likely N-dealkylation sites (tertiary alicyclic amines) is 2. The molecule has 0 radical (unpaired) electrons. The molecule has 0 aliphatic carbocycles. The van der Waals surface area contributed by atoms with Crippen LogP contribution in [0, 0.1) is 6.92 Å². The van der Waals surface area contributed by atoms with Gasteiger partial charge in [-0.05, 0) is 39.2 Å². The van der Waals surface area contributed by atoms with E-state index in [9.17, 15) is 4.79 Å². The second-order valence-corrected chi connectivity index (χ2v) is 6.86. The summed E-state index contributed by atoms with van der Waals surface area (Å²) in [6.45, 7) is 5.20. The Morgan fingerprint density at radius 3 is 2.80 bits per heavy atom. The van der Waals surface area contributed by atoms with Crippen molar-refractivity contribution in [3.8, 4) is 5.82 Å². The zero-order valence-corrected chi connectivity index (χ0v) is 14.6. The summed E-state index contributed by atoms with van der Waals surface area (Å²) in [6.07, 6.45) is 11.6. The highest BCUT2D eigenvalue weighted by molar-refractivity contribution is 5.78. The first-order chi connectivity index (χ1) is 12.2. The molecule has 4 heterocycles. The highest BCUT2D eigenvalue weighted by Gasteiger charge is 2.31. The van der Waals surface area contributed by atoms with Gasteiger partial charge in [-0.2, -0.15) is 0 Å².